The number of nitrogens with one attached hydrogen (secondary N) is 1. The van der Waals surface area contributed by atoms with Crippen LogP contribution >= 0.6 is 0 Å². The number of hydrogen-bond donors (Lipinski definition) is 1. The quantitative estimate of drug-likeness (QED) is 0.862. The van der Waals surface area contributed by atoms with Crippen LogP contribution in [-0.4, -0.2) is 35.5 Å². The second-order valence-electron chi connectivity index (χ2n) is 7.00. The molecule has 1 saturated carbocycles. The number of hydrogen-bond acceptors (Lipinski definition) is 3. The van der Waals surface area contributed by atoms with Crippen molar-refractivity contribution in [1.29, 1.82) is 0 Å². The molecule has 2 fully saturated rings. The molecule has 3 rings (SSSR count). The van der Waals surface area contributed by atoms with Crippen LogP contribution in [0.1, 0.15) is 49.7 Å². The highest BCUT2D eigenvalue weighted by atomic mass is 16.5. The van der Waals surface area contributed by atoms with Gasteiger partial charge in [0.15, 0.2) is 0 Å². The standard InChI is InChI=1S/C19H26N2O3/c1-14-7-8-15(2)16(13-14)24-12-11-21-17(22)19(20-18(21)23)9-5-3-4-6-10-19/h7-8,13H,3-6,9-12H2,1-2H3,(H,20,23). The minimum absolute atomic E-state index is 0.0704. The number of carbonyl (C=O) groups is 2. The highest BCUT2D eigenvalue weighted by Crippen LogP contribution is 2.32. The van der Waals surface area contributed by atoms with Gasteiger partial charge in [0.2, 0.25) is 0 Å². The van der Waals surface area contributed by atoms with Crippen LogP contribution in [0.25, 0.3) is 0 Å². The van der Waals surface area contributed by atoms with Crippen LogP contribution < -0.4 is 10.1 Å². The molecule has 0 radical (unpaired) electrons. The third-order valence-corrected chi connectivity index (χ3v) is 5.12. The van der Waals surface area contributed by atoms with Gasteiger partial charge in [-0.2, -0.15) is 0 Å². The number of nitrogens with zero attached hydrogens (tertiary/aromatic N) is 1. The summed E-state index contributed by atoms with van der Waals surface area (Å²) in [6.07, 6.45) is 5.79. The molecule has 1 saturated heterocycles. The van der Waals surface area contributed by atoms with E-state index in [0.29, 0.717) is 13.2 Å². The molecule has 0 atom stereocenters. The van der Waals surface area contributed by atoms with Crippen LogP contribution in [0.3, 0.4) is 0 Å². The van der Waals surface area contributed by atoms with E-state index in [4.69, 9.17) is 4.74 Å². The predicted octanol–water partition coefficient (Wildman–Crippen LogP) is 3.33. The maximum atomic E-state index is 12.8. The summed E-state index contributed by atoms with van der Waals surface area (Å²) in [7, 11) is 0. The smallest absolute Gasteiger partial charge is 0.325 e. The number of amides is 3. The normalized spacial score (nSPS) is 20.2. The summed E-state index contributed by atoms with van der Waals surface area (Å²) in [6, 6.07) is 5.76. The van der Waals surface area contributed by atoms with Crippen LogP contribution in [-0.2, 0) is 4.79 Å². The molecule has 130 valence electrons. The topological polar surface area (TPSA) is 58.6 Å². The van der Waals surface area contributed by atoms with E-state index < -0.39 is 5.54 Å². The van der Waals surface area contributed by atoms with Crippen LogP contribution in [0.4, 0.5) is 4.79 Å². The molecule has 0 aromatic heterocycles. The second kappa shape index (κ2) is 6.83. The summed E-state index contributed by atoms with van der Waals surface area (Å²) in [5.74, 6) is 0.741. The summed E-state index contributed by atoms with van der Waals surface area (Å²) < 4.78 is 5.80. The van der Waals surface area contributed by atoms with Gasteiger partial charge in [0.25, 0.3) is 5.91 Å². The monoisotopic (exact) mass is 330 g/mol. The zero-order chi connectivity index (χ0) is 17.2. The van der Waals surface area contributed by atoms with Gasteiger partial charge in [0.1, 0.15) is 17.9 Å². The maximum absolute atomic E-state index is 12.8. The fourth-order valence-corrected chi connectivity index (χ4v) is 3.66. The van der Waals surface area contributed by atoms with Crippen molar-refractivity contribution in [1.82, 2.24) is 10.2 Å². The Balaban J connectivity index is 1.62. The molecule has 1 aromatic rings. The number of rotatable bonds is 4. The van der Waals surface area contributed by atoms with E-state index in [0.717, 1.165) is 55.4 Å². The van der Waals surface area contributed by atoms with Crippen molar-refractivity contribution < 1.29 is 14.3 Å². The first-order valence-electron chi connectivity index (χ1n) is 8.86. The molecule has 2 aliphatic rings. The van der Waals surface area contributed by atoms with Gasteiger partial charge in [0, 0.05) is 0 Å². The fourth-order valence-electron chi connectivity index (χ4n) is 3.66. The van der Waals surface area contributed by atoms with Gasteiger partial charge in [0.05, 0.1) is 6.54 Å². The zero-order valence-corrected chi connectivity index (χ0v) is 14.6. The lowest BCUT2D eigenvalue weighted by molar-refractivity contribution is -0.132. The SMILES string of the molecule is Cc1ccc(C)c(OCCN2C(=O)NC3(CCCCCC3)C2=O)c1. The van der Waals surface area contributed by atoms with Crippen LogP contribution in [0.2, 0.25) is 0 Å². The molecule has 0 bridgehead atoms. The lowest BCUT2D eigenvalue weighted by Crippen LogP contribution is -2.46. The van der Waals surface area contributed by atoms with Crippen LogP contribution in [0.15, 0.2) is 18.2 Å². The van der Waals surface area contributed by atoms with E-state index >= 15 is 0 Å². The molecule has 1 aliphatic carbocycles. The van der Waals surface area contributed by atoms with Crippen molar-refractivity contribution in [3.63, 3.8) is 0 Å². The first-order valence-corrected chi connectivity index (χ1v) is 8.86. The second-order valence-corrected chi connectivity index (χ2v) is 7.00. The van der Waals surface area contributed by atoms with E-state index in [2.05, 4.69) is 5.32 Å². The molecule has 1 spiro atoms. The van der Waals surface area contributed by atoms with Gasteiger partial charge in [-0.15, -0.1) is 0 Å². The minimum atomic E-state index is -0.660. The highest BCUT2D eigenvalue weighted by molar-refractivity contribution is 6.07. The summed E-state index contributed by atoms with van der Waals surface area (Å²) in [4.78, 5) is 26.4. The molecular weight excluding hydrogens is 304 g/mol. The van der Waals surface area contributed by atoms with Gasteiger partial charge < -0.3 is 10.1 Å². The van der Waals surface area contributed by atoms with Gasteiger partial charge in [-0.1, -0.05) is 37.8 Å². The molecule has 1 heterocycles. The zero-order valence-electron chi connectivity index (χ0n) is 14.6. The Bertz CT molecular complexity index is 633. The summed E-state index contributed by atoms with van der Waals surface area (Å²) in [5, 5.41) is 2.96. The Hall–Kier alpha value is -2.04. The van der Waals surface area contributed by atoms with Crippen molar-refractivity contribution in [2.75, 3.05) is 13.2 Å². The molecule has 0 unspecified atom stereocenters. The Labute approximate surface area is 143 Å². The fraction of sp³-hybridized carbons (Fsp3) is 0.579. The average Bonchev–Trinajstić information content (AvgIpc) is 2.72. The predicted molar refractivity (Wildman–Crippen MR) is 92.1 cm³/mol. The molecule has 24 heavy (non-hydrogen) atoms. The number of imide groups is 1. The first-order chi connectivity index (χ1) is 11.5. The average molecular weight is 330 g/mol. The highest BCUT2D eigenvalue weighted by Gasteiger charge is 2.50. The van der Waals surface area contributed by atoms with Gasteiger partial charge in [-0.05, 0) is 43.9 Å². The molecule has 5 heteroatoms. The molecular formula is C19H26N2O3. The summed E-state index contributed by atoms with van der Waals surface area (Å²) in [6.45, 7) is 4.61. The van der Waals surface area contributed by atoms with E-state index in [9.17, 15) is 9.59 Å². The van der Waals surface area contributed by atoms with Gasteiger partial charge in [-0.25, -0.2) is 4.79 Å². The Morgan fingerprint density at radius 2 is 1.83 bits per heavy atom. The molecule has 1 aromatic carbocycles. The van der Waals surface area contributed by atoms with Crippen molar-refractivity contribution >= 4 is 11.9 Å². The lowest BCUT2D eigenvalue weighted by Gasteiger charge is -2.24. The summed E-state index contributed by atoms with van der Waals surface area (Å²) >= 11 is 0. The third kappa shape index (κ3) is 3.25. The van der Waals surface area contributed by atoms with Gasteiger partial charge in [-0.3, -0.25) is 9.69 Å². The van der Waals surface area contributed by atoms with Crippen LogP contribution in [0.5, 0.6) is 5.75 Å². The number of benzene rings is 1. The van der Waals surface area contributed by atoms with Crippen molar-refractivity contribution in [2.45, 2.75) is 57.9 Å². The Morgan fingerprint density at radius 3 is 2.54 bits per heavy atom. The molecule has 3 amide bonds. The number of carbonyl (C=O) groups excluding carboxylic acids is 2. The van der Waals surface area contributed by atoms with Crippen molar-refractivity contribution in [3.05, 3.63) is 29.3 Å². The van der Waals surface area contributed by atoms with E-state index in [1.165, 1.54) is 4.90 Å². The number of urea groups is 1. The Morgan fingerprint density at radius 1 is 1.12 bits per heavy atom. The Kier molecular flexibility index (Phi) is 4.78. The van der Waals surface area contributed by atoms with Crippen molar-refractivity contribution in [2.24, 2.45) is 0 Å². The number of aryl methyl sites for hydroxylation is 2. The number of ether oxygens (including phenoxy) is 1. The van der Waals surface area contributed by atoms with Crippen LogP contribution in [0, 0.1) is 13.8 Å². The maximum Gasteiger partial charge on any atom is 0.325 e. The molecule has 1 aliphatic heterocycles. The largest absolute Gasteiger partial charge is 0.491 e. The van der Waals surface area contributed by atoms with E-state index in [1.54, 1.807) is 0 Å². The van der Waals surface area contributed by atoms with Gasteiger partial charge >= 0.3 is 6.03 Å². The van der Waals surface area contributed by atoms with E-state index in [1.807, 2.05) is 32.0 Å². The van der Waals surface area contributed by atoms with Crippen molar-refractivity contribution in [3.8, 4) is 5.75 Å². The molecule has 5 nitrogen and oxygen atoms in total. The lowest BCUT2D eigenvalue weighted by atomic mass is 9.90. The third-order valence-electron chi connectivity index (χ3n) is 5.12. The summed E-state index contributed by atoms with van der Waals surface area (Å²) in [5.41, 5.74) is 1.52. The molecule has 1 N–H and O–H groups in total. The first kappa shape index (κ1) is 16.8. The minimum Gasteiger partial charge on any atom is -0.491 e. The van der Waals surface area contributed by atoms with E-state index in [-0.39, 0.29) is 11.9 Å².